The highest BCUT2D eigenvalue weighted by Gasteiger charge is 2.18. The first-order valence-electron chi connectivity index (χ1n) is 7.21. The highest BCUT2D eigenvalue weighted by atomic mass is 35.5. The van der Waals surface area contributed by atoms with Crippen LogP contribution in [0.4, 0.5) is 0 Å². The molecule has 0 bridgehead atoms. The molecule has 0 spiro atoms. The molecule has 3 heteroatoms. The smallest absolute Gasteiger partial charge is 0.0525 e. The van der Waals surface area contributed by atoms with Crippen LogP contribution in [0, 0.1) is 0 Å². The van der Waals surface area contributed by atoms with E-state index in [1.165, 1.54) is 16.5 Å². The number of hydrogen-bond acceptors (Lipinski definition) is 1. The summed E-state index contributed by atoms with van der Waals surface area (Å²) in [7, 11) is 0. The van der Waals surface area contributed by atoms with E-state index in [-0.39, 0.29) is 12.1 Å². The van der Waals surface area contributed by atoms with Crippen molar-refractivity contribution in [3.63, 3.8) is 0 Å². The van der Waals surface area contributed by atoms with Gasteiger partial charge in [0.2, 0.25) is 0 Å². The van der Waals surface area contributed by atoms with Crippen molar-refractivity contribution >= 4 is 22.5 Å². The second kappa shape index (κ2) is 5.92. The molecule has 0 saturated carbocycles. The minimum Gasteiger partial charge on any atom is -0.343 e. The van der Waals surface area contributed by atoms with E-state index in [0.717, 1.165) is 11.4 Å². The monoisotopic (exact) mass is 298 g/mol. The van der Waals surface area contributed by atoms with E-state index in [2.05, 4.69) is 60.2 Å². The van der Waals surface area contributed by atoms with Gasteiger partial charge in [-0.1, -0.05) is 41.9 Å². The molecule has 1 aromatic heterocycles. The van der Waals surface area contributed by atoms with Crippen molar-refractivity contribution in [2.24, 2.45) is 5.73 Å². The molecule has 0 aliphatic rings. The lowest BCUT2D eigenvalue weighted by Gasteiger charge is -2.24. The summed E-state index contributed by atoms with van der Waals surface area (Å²) in [5.41, 5.74) is 8.73. The molecular weight excluding hydrogens is 280 g/mol. The van der Waals surface area contributed by atoms with Gasteiger partial charge in [0.1, 0.15) is 0 Å². The van der Waals surface area contributed by atoms with Crippen LogP contribution in [0.2, 0.25) is 5.02 Å². The van der Waals surface area contributed by atoms with Crippen LogP contribution >= 0.6 is 11.6 Å². The van der Waals surface area contributed by atoms with Crippen LogP contribution in [0.3, 0.4) is 0 Å². The number of hydrogen-bond donors (Lipinski definition) is 1. The number of para-hydroxylation sites is 1. The van der Waals surface area contributed by atoms with Crippen molar-refractivity contribution in [2.75, 3.05) is 0 Å². The molecule has 2 nitrogen and oxygen atoms in total. The fraction of sp³-hybridized carbons (Fsp3) is 0.222. The van der Waals surface area contributed by atoms with Crippen molar-refractivity contribution in [3.05, 3.63) is 71.4 Å². The van der Waals surface area contributed by atoms with E-state index in [1.807, 2.05) is 12.1 Å². The van der Waals surface area contributed by atoms with Crippen molar-refractivity contribution in [1.82, 2.24) is 4.57 Å². The molecule has 1 heterocycles. The van der Waals surface area contributed by atoms with Gasteiger partial charge in [0.05, 0.1) is 6.04 Å². The van der Waals surface area contributed by atoms with Gasteiger partial charge >= 0.3 is 0 Å². The quantitative estimate of drug-likeness (QED) is 0.759. The number of benzene rings is 2. The molecule has 0 aliphatic heterocycles. The third-order valence-electron chi connectivity index (χ3n) is 3.95. The lowest BCUT2D eigenvalue weighted by Crippen LogP contribution is -2.30. The van der Waals surface area contributed by atoms with Crippen LogP contribution in [0.1, 0.15) is 18.5 Å². The first-order valence-corrected chi connectivity index (χ1v) is 7.58. The molecule has 108 valence electrons. The zero-order chi connectivity index (χ0) is 14.8. The van der Waals surface area contributed by atoms with Gasteiger partial charge in [-0.2, -0.15) is 0 Å². The van der Waals surface area contributed by atoms with Gasteiger partial charge in [-0.05, 0) is 48.6 Å². The van der Waals surface area contributed by atoms with E-state index < -0.39 is 0 Å². The lowest BCUT2D eigenvalue weighted by molar-refractivity contribution is 0.438. The average Bonchev–Trinajstić information content (AvgIpc) is 2.90. The van der Waals surface area contributed by atoms with Crippen LogP contribution in [0.25, 0.3) is 10.9 Å². The third kappa shape index (κ3) is 2.97. The largest absolute Gasteiger partial charge is 0.343 e. The standard InChI is InChI=1S/C18H19ClN2/c1-13(20)18(12-14-6-8-16(19)9-7-14)21-11-10-15-4-2-3-5-17(15)21/h2-11,13,18H,12,20H2,1H3/t13-,18-/m1/s1. The number of aromatic nitrogens is 1. The summed E-state index contributed by atoms with van der Waals surface area (Å²) < 4.78 is 2.29. The van der Waals surface area contributed by atoms with Gasteiger partial charge in [-0.25, -0.2) is 0 Å². The molecule has 0 saturated heterocycles. The number of rotatable bonds is 4. The predicted octanol–water partition coefficient (Wildman–Crippen LogP) is 4.43. The zero-order valence-electron chi connectivity index (χ0n) is 12.0. The van der Waals surface area contributed by atoms with Crippen LogP contribution in [0.15, 0.2) is 60.8 Å². The summed E-state index contributed by atoms with van der Waals surface area (Å²) in [5, 5.41) is 2.02. The van der Waals surface area contributed by atoms with Gasteiger partial charge in [0.15, 0.2) is 0 Å². The fourth-order valence-corrected chi connectivity index (χ4v) is 2.92. The summed E-state index contributed by atoms with van der Waals surface area (Å²) in [6.07, 6.45) is 3.03. The molecule has 3 rings (SSSR count). The van der Waals surface area contributed by atoms with Crippen LogP contribution < -0.4 is 5.73 Å². The molecule has 0 aliphatic carbocycles. The van der Waals surface area contributed by atoms with E-state index in [1.54, 1.807) is 0 Å². The van der Waals surface area contributed by atoms with Gasteiger partial charge in [0.25, 0.3) is 0 Å². The van der Waals surface area contributed by atoms with E-state index >= 15 is 0 Å². The summed E-state index contributed by atoms with van der Waals surface area (Å²) in [4.78, 5) is 0. The fourth-order valence-electron chi connectivity index (χ4n) is 2.79. The van der Waals surface area contributed by atoms with Gasteiger partial charge in [-0.3, -0.25) is 0 Å². The Balaban J connectivity index is 1.96. The van der Waals surface area contributed by atoms with Crippen molar-refractivity contribution in [3.8, 4) is 0 Å². The molecule has 2 atom stereocenters. The highest BCUT2D eigenvalue weighted by Crippen LogP contribution is 2.25. The number of nitrogens with two attached hydrogens (primary N) is 1. The van der Waals surface area contributed by atoms with Crippen LogP contribution in [-0.4, -0.2) is 10.6 Å². The second-order valence-electron chi connectivity index (χ2n) is 5.54. The highest BCUT2D eigenvalue weighted by molar-refractivity contribution is 6.30. The Bertz CT molecular complexity index is 728. The molecule has 0 amide bonds. The number of fused-ring (bicyclic) bond motifs is 1. The topological polar surface area (TPSA) is 30.9 Å². The van der Waals surface area contributed by atoms with E-state index in [9.17, 15) is 0 Å². The molecule has 3 aromatic rings. The maximum absolute atomic E-state index is 6.25. The van der Waals surface area contributed by atoms with Crippen molar-refractivity contribution in [1.29, 1.82) is 0 Å². The Labute approximate surface area is 130 Å². The normalized spacial score (nSPS) is 14.2. The summed E-state index contributed by atoms with van der Waals surface area (Å²) >= 11 is 5.96. The second-order valence-corrected chi connectivity index (χ2v) is 5.98. The first-order chi connectivity index (χ1) is 10.1. The van der Waals surface area contributed by atoms with E-state index in [0.29, 0.717) is 0 Å². The summed E-state index contributed by atoms with van der Waals surface area (Å²) in [5.74, 6) is 0. The Morgan fingerprint density at radius 1 is 1.05 bits per heavy atom. The summed E-state index contributed by atoms with van der Waals surface area (Å²) in [6.45, 7) is 2.06. The Hall–Kier alpha value is -1.77. The van der Waals surface area contributed by atoms with Crippen molar-refractivity contribution in [2.45, 2.75) is 25.4 Å². The summed E-state index contributed by atoms with van der Waals surface area (Å²) in [6, 6.07) is 18.9. The molecule has 2 aromatic carbocycles. The third-order valence-corrected chi connectivity index (χ3v) is 4.20. The zero-order valence-corrected chi connectivity index (χ0v) is 12.8. The molecule has 21 heavy (non-hydrogen) atoms. The first kappa shape index (κ1) is 14.2. The Kier molecular flexibility index (Phi) is 4.00. The Morgan fingerprint density at radius 3 is 2.48 bits per heavy atom. The molecule has 0 fully saturated rings. The maximum Gasteiger partial charge on any atom is 0.0525 e. The SMILES string of the molecule is C[C@@H](N)[C@@H](Cc1ccc(Cl)cc1)n1ccc2ccccc21. The van der Waals surface area contributed by atoms with Gasteiger partial charge < -0.3 is 10.3 Å². The predicted molar refractivity (Wildman–Crippen MR) is 89.8 cm³/mol. The number of halogens is 1. The molecule has 2 N–H and O–H groups in total. The van der Waals surface area contributed by atoms with Crippen LogP contribution in [-0.2, 0) is 6.42 Å². The maximum atomic E-state index is 6.25. The average molecular weight is 299 g/mol. The molecule has 0 radical (unpaired) electrons. The molecule has 0 unspecified atom stereocenters. The Morgan fingerprint density at radius 2 is 1.76 bits per heavy atom. The van der Waals surface area contributed by atoms with Crippen molar-refractivity contribution < 1.29 is 0 Å². The van der Waals surface area contributed by atoms with Gasteiger partial charge in [0, 0.05) is 22.8 Å². The van der Waals surface area contributed by atoms with Gasteiger partial charge in [-0.15, -0.1) is 0 Å². The van der Waals surface area contributed by atoms with E-state index in [4.69, 9.17) is 17.3 Å². The minimum atomic E-state index is 0.0662. The van der Waals surface area contributed by atoms with Crippen LogP contribution in [0.5, 0.6) is 0 Å². The number of nitrogens with zero attached hydrogens (tertiary/aromatic N) is 1. The lowest BCUT2D eigenvalue weighted by atomic mass is 10.0. The molecular formula is C18H19ClN2. The minimum absolute atomic E-state index is 0.0662.